The summed E-state index contributed by atoms with van der Waals surface area (Å²) in [6.07, 6.45) is 1.77. The van der Waals surface area contributed by atoms with Gasteiger partial charge in [-0.2, -0.15) is 0 Å². The molecule has 9 heteroatoms. The predicted molar refractivity (Wildman–Crippen MR) is 102 cm³/mol. The SMILES string of the molecule is Cn1nnc2cc(-c3ccc4cc(C(=O)N5CCOCC5)sc4n3)cnc21. The molecule has 5 heterocycles. The molecule has 1 saturated heterocycles. The number of carbonyl (C=O) groups is 1. The van der Waals surface area contributed by atoms with Gasteiger partial charge in [-0.05, 0) is 24.3 Å². The van der Waals surface area contributed by atoms with E-state index in [0.29, 0.717) is 31.2 Å². The van der Waals surface area contributed by atoms with E-state index in [0.717, 1.165) is 32.6 Å². The van der Waals surface area contributed by atoms with Crippen LogP contribution in [0.4, 0.5) is 0 Å². The number of thiophene rings is 1. The van der Waals surface area contributed by atoms with Crippen LogP contribution >= 0.6 is 11.3 Å². The van der Waals surface area contributed by atoms with Gasteiger partial charge in [-0.3, -0.25) is 4.79 Å². The fraction of sp³-hybridized carbons (Fsp3) is 0.278. The first-order chi connectivity index (χ1) is 13.2. The molecule has 1 fully saturated rings. The first kappa shape index (κ1) is 16.3. The van der Waals surface area contributed by atoms with Crippen LogP contribution in [0.1, 0.15) is 9.67 Å². The standard InChI is InChI=1S/C18H16N6O2S/c1-23-16-14(21-22-23)8-12(10-19-16)13-3-2-11-9-15(27-17(11)20-13)18(25)24-4-6-26-7-5-24/h2-3,8-10H,4-7H2,1H3. The Balaban J connectivity index is 1.50. The van der Waals surface area contributed by atoms with Crippen LogP contribution in [-0.4, -0.2) is 62.1 Å². The molecule has 0 bridgehead atoms. The van der Waals surface area contributed by atoms with Crippen molar-refractivity contribution < 1.29 is 9.53 Å². The molecule has 0 N–H and O–H groups in total. The van der Waals surface area contributed by atoms with Crippen molar-refractivity contribution in [3.63, 3.8) is 0 Å². The van der Waals surface area contributed by atoms with E-state index in [2.05, 4.69) is 15.3 Å². The molecule has 1 amide bonds. The molecule has 0 saturated carbocycles. The third-order valence-corrected chi connectivity index (χ3v) is 5.66. The maximum Gasteiger partial charge on any atom is 0.264 e. The van der Waals surface area contributed by atoms with Crippen molar-refractivity contribution in [3.8, 4) is 11.3 Å². The molecule has 0 atom stereocenters. The van der Waals surface area contributed by atoms with Gasteiger partial charge in [0, 0.05) is 37.3 Å². The number of ether oxygens (including phenoxy) is 1. The molecule has 1 aliphatic heterocycles. The van der Waals surface area contributed by atoms with Gasteiger partial charge in [0.15, 0.2) is 5.65 Å². The van der Waals surface area contributed by atoms with E-state index in [1.165, 1.54) is 11.3 Å². The Bertz CT molecular complexity index is 1160. The molecule has 0 unspecified atom stereocenters. The summed E-state index contributed by atoms with van der Waals surface area (Å²) < 4.78 is 6.96. The first-order valence-corrected chi connectivity index (χ1v) is 9.44. The summed E-state index contributed by atoms with van der Waals surface area (Å²) in [6, 6.07) is 7.78. The van der Waals surface area contributed by atoms with E-state index in [-0.39, 0.29) is 5.91 Å². The third kappa shape index (κ3) is 2.84. The Morgan fingerprint density at radius 3 is 2.93 bits per heavy atom. The van der Waals surface area contributed by atoms with Crippen LogP contribution in [0.5, 0.6) is 0 Å². The topological polar surface area (TPSA) is 86.0 Å². The molecular weight excluding hydrogens is 364 g/mol. The third-order valence-electron chi connectivity index (χ3n) is 4.63. The molecular formula is C18H16N6O2S. The molecule has 136 valence electrons. The number of carbonyl (C=O) groups excluding carboxylic acids is 1. The zero-order valence-electron chi connectivity index (χ0n) is 14.6. The van der Waals surface area contributed by atoms with E-state index in [9.17, 15) is 4.79 Å². The molecule has 27 heavy (non-hydrogen) atoms. The highest BCUT2D eigenvalue weighted by atomic mass is 32.1. The minimum atomic E-state index is 0.0468. The maximum absolute atomic E-state index is 12.7. The molecule has 5 rings (SSSR count). The number of nitrogens with zero attached hydrogens (tertiary/aromatic N) is 6. The second-order valence-electron chi connectivity index (χ2n) is 6.39. The van der Waals surface area contributed by atoms with Crippen LogP contribution in [0.3, 0.4) is 0 Å². The Hall–Kier alpha value is -2.91. The predicted octanol–water partition coefficient (Wildman–Crippen LogP) is 2.11. The van der Waals surface area contributed by atoms with Crippen LogP contribution in [0.15, 0.2) is 30.5 Å². The molecule has 0 aliphatic carbocycles. The fourth-order valence-corrected chi connectivity index (χ4v) is 4.17. The summed E-state index contributed by atoms with van der Waals surface area (Å²) in [5.74, 6) is 0.0468. The van der Waals surface area contributed by atoms with E-state index in [4.69, 9.17) is 9.72 Å². The van der Waals surface area contributed by atoms with Gasteiger partial charge in [-0.25, -0.2) is 14.6 Å². The largest absolute Gasteiger partial charge is 0.378 e. The Morgan fingerprint density at radius 1 is 1.22 bits per heavy atom. The minimum absolute atomic E-state index is 0.0468. The summed E-state index contributed by atoms with van der Waals surface area (Å²) in [7, 11) is 1.81. The summed E-state index contributed by atoms with van der Waals surface area (Å²) in [5.41, 5.74) is 3.13. The van der Waals surface area contributed by atoms with Crippen LogP contribution in [-0.2, 0) is 11.8 Å². The molecule has 1 aliphatic rings. The minimum Gasteiger partial charge on any atom is -0.378 e. The number of fused-ring (bicyclic) bond motifs is 2. The molecule has 0 aromatic carbocycles. The van der Waals surface area contributed by atoms with Crippen molar-refractivity contribution in [1.29, 1.82) is 0 Å². The Kier molecular flexibility index (Phi) is 3.83. The fourth-order valence-electron chi connectivity index (χ4n) is 3.17. The van der Waals surface area contributed by atoms with Crippen LogP contribution < -0.4 is 0 Å². The number of hydrogen-bond acceptors (Lipinski definition) is 7. The lowest BCUT2D eigenvalue weighted by Gasteiger charge is -2.26. The highest BCUT2D eigenvalue weighted by molar-refractivity contribution is 7.20. The van der Waals surface area contributed by atoms with Crippen molar-refractivity contribution in [2.24, 2.45) is 7.05 Å². The molecule has 0 radical (unpaired) electrons. The molecule has 4 aromatic rings. The second kappa shape index (κ2) is 6.36. The van der Waals surface area contributed by atoms with Gasteiger partial charge in [0.05, 0.1) is 23.8 Å². The molecule has 8 nitrogen and oxygen atoms in total. The number of pyridine rings is 2. The van der Waals surface area contributed by atoms with E-state index in [1.807, 2.05) is 36.2 Å². The van der Waals surface area contributed by atoms with Crippen molar-refractivity contribution in [1.82, 2.24) is 29.9 Å². The van der Waals surface area contributed by atoms with E-state index >= 15 is 0 Å². The normalized spacial score (nSPS) is 14.9. The van der Waals surface area contributed by atoms with Crippen molar-refractivity contribution in [2.75, 3.05) is 26.3 Å². The van der Waals surface area contributed by atoms with Gasteiger partial charge in [0.1, 0.15) is 10.3 Å². The Labute approximate surface area is 158 Å². The second-order valence-corrected chi connectivity index (χ2v) is 7.42. The lowest BCUT2D eigenvalue weighted by atomic mass is 10.1. The number of rotatable bonds is 2. The summed E-state index contributed by atoms with van der Waals surface area (Å²) in [5, 5.41) is 9.06. The number of hydrogen-bond donors (Lipinski definition) is 0. The zero-order valence-corrected chi connectivity index (χ0v) is 15.4. The van der Waals surface area contributed by atoms with Gasteiger partial charge in [0.25, 0.3) is 5.91 Å². The lowest BCUT2D eigenvalue weighted by molar-refractivity contribution is 0.0306. The van der Waals surface area contributed by atoms with Crippen LogP contribution in [0.2, 0.25) is 0 Å². The van der Waals surface area contributed by atoms with Crippen LogP contribution in [0.25, 0.3) is 32.6 Å². The van der Waals surface area contributed by atoms with Gasteiger partial charge >= 0.3 is 0 Å². The number of aromatic nitrogens is 5. The monoisotopic (exact) mass is 380 g/mol. The molecule has 0 spiro atoms. The van der Waals surface area contributed by atoms with Crippen molar-refractivity contribution in [3.05, 3.63) is 35.3 Å². The van der Waals surface area contributed by atoms with Crippen LogP contribution in [0, 0.1) is 0 Å². The average molecular weight is 380 g/mol. The number of aryl methyl sites for hydroxylation is 1. The summed E-state index contributed by atoms with van der Waals surface area (Å²) in [4.78, 5) is 25.2. The summed E-state index contributed by atoms with van der Waals surface area (Å²) in [6.45, 7) is 2.46. The smallest absolute Gasteiger partial charge is 0.264 e. The van der Waals surface area contributed by atoms with Gasteiger partial charge in [0.2, 0.25) is 0 Å². The van der Waals surface area contributed by atoms with E-state index < -0.39 is 0 Å². The zero-order chi connectivity index (χ0) is 18.4. The quantitative estimate of drug-likeness (QED) is 0.529. The highest BCUT2D eigenvalue weighted by Gasteiger charge is 2.21. The highest BCUT2D eigenvalue weighted by Crippen LogP contribution is 2.29. The average Bonchev–Trinajstić information content (AvgIpc) is 3.31. The van der Waals surface area contributed by atoms with Gasteiger partial charge in [-0.1, -0.05) is 5.21 Å². The summed E-state index contributed by atoms with van der Waals surface area (Å²) >= 11 is 1.42. The molecule has 4 aromatic heterocycles. The Morgan fingerprint density at radius 2 is 2.07 bits per heavy atom. The maximum atomic E-state index is 12.7. The number of amides is 1. The van der Waals surface area contributed by atoms with E-state index in [1.54, 1.807) is 10.9 Å². The van der Waals surface area contributed by atoms with Gasteiger partial charge in [-0.15, -0.1) is 16.4 Å². The van der Waals surface area contributed by atoms with Crippen molar-refractivity contribution >= 4 is 38.6 Å². The lowest BCUT2D eigenvalue weighted by Crippen LogP contribution is -2.40. The first-order valence-electron chi connectivity index (χ1n) is 8.62. The van der Waals surface area contributed by atoms with Gasteiger partial charge < -0.3 is 9.64 Å². The number of morpholine rings is 1. The van der Waals surface area contributed by atoms with Crippen molar-refractivity contribution in [2.45, 2.75) is 0 Å².